The third-order valence-corrected chi connectivity index (χ3v) is 2.34. The van der Waals surface area contributed by atoms with Gasteiger partial charge in [0.1, 0.15) is 5.69 Å². The Hall–Kier alpha value is -1.98. The second-order valence-corrected chi connectivity index (χ2v) is 3.59. The van der Waals surface area contributed by atoms with Gasteiger partial charge in [0.25, 0.3) is 0 Å². The Morgan fingerprint density at radius 3 is 2.69 bits per heavy atom. The largest absolute Gasteiger partial charge is 0.434 e. The Morgan fingerprint density at radius 2 is 2.19 bits per heavy atom. The molecule has 0 unspecified atom stereocenters. The fourth-order valence-electron chi connectivity index (χ4n) is 1.52. The molecule has 0 aromatic carbocycles. The first kappa shape index (κ1) is 10.5. The molecule has 0 aliphatic heterocycles. The SMILES string of the molecule is CCc1nn(C)c(Oc2cnn(C)c2)c1N. The number of anilines is 1. The van der Waals surface area contributed by atoms with Crippen LogP contribution in [0.4, 0.5) is 5.69 Å². The topological polar surface area (TPSA) is 70.9 Å². The number of nitrogens with zero attached hydrogens (tertiary/aromatic N) is 4. The zero-order chi connectivity index (χ0) is 11.7. The molecule has 2 N–H and O–H groups in total. The van der Waals surface area contributed by atoms with E-state index in [1.165, 1.54) is 0 Å². The fourth-order valence-corrected chi connectivity index (χ4v) is 1.52. The van der Waals surface area contributed by atoms with E-state index in [1.54, 1.807) is 28.8 Å². The standard InChI is InChI=1S/C10H15N5O/c1-4-8-9(11)10(15(3)13-8)16-7-5-12-14(2)6-7/h5-6H,4,11H2,1-3H3. The molecule has 0 aliphatic carbocycles. The molecule has 0 aliphatic rings. The van der Waals surface area contributed by atoms with Crippen LogP contribution in [0.1, 0.15) is 12.6 Å². The second kappa shape index (κ2) is 3.88. The molecule has 86 valence electrons. The van der Waals surface area contributed by atoms with Crippen molar-refractivity contribution in [2.75, 3.05) is 5.73 Å². The van der Waals surface area contributed by atoms with Crippen LogP contribution in [0.25, 0.3) is 0 Å². The van der Waals surface area contributed by atoms with Crippen LogP contribution >= 0.6 is 0 Å². The van der Waals surface area contributed by atoms with Gasteiger partial charge in [0.05, 0.1) is 18.1 Å². The Balaban J connectivity index is 2.30. The summed E-state index contributed by atoms with van der Waals surface area (Å²) < 4.78 is 8.94. The monoisotopic (exact) mass is 221 g/mol. The van der Waals surface area contributed by atoms with Gasteiger partial charge in [-0.2, -0.15) is 10.2 Å². The molecule has 0 saturated heterocycles. The van der Waals surface area contributed by atoms with Crippen LogP contribution in [-0.2, 0) is 20.5 Å². The number of nitrogen functional groups attached to an aromatic ring is 1. The van der Waals surface area contributed by atoms with Gasteiger partial charge >= 0.3 is 0 Å². The Morgan fingerprint density at radius 1 is 1.44 bits per heavy atom. The zero-order valence-corrected chi connectivity index (χ0v) is 9.64. The highest BCUT2D eigenvalue weighted by molar-refractivity contribution is 5.54. The minimum absolute atomic E-state index is 0.560. The number of rotatable bonds is 3. The molecule has 2 rings (SSSR count). The van der Waals surface area contributed by atoms with Crippen LogP contribution in [-0.4, -0.2) is 19.6 Å². The lowest BCUT2D eigenvalue weighted by molar-refractivity contribution is 0.432. The lowest BCUT2D eigenvalue weighted by Crippen LogP contribution is -1.96. The van der Waals surface area contributed by atoms with E-state index >= 15 is 0 Å². The predicted octanol–water partition coefficient (Wildman–Crippen LogP) is 1.09. The number of nitrogens with two attached hydrogens (primary N) is 1. The van der Waals surface area contributed by atoms with E-state index in [1.807, 2.05) is 14.0 Å². The molecule has 2 aromatic heterocycles. The van der Waals surface area contributed by atoms with Gasteiger partial charge in [0, 0.05) is 14.1 Å². The van der Waals surface area contributed by atoms with E-state index in [2.05, 4.69) is 10.2 Å². The van der Waals surface area contributed by atoms with Gasteiger partial charge in [-0.25, -0.2) is 4.68 Å². The van der Waals surface area contributed by atoms with E-state index in [-0.39, 0.29) is 0 Å². The smallest absolute Gasteiger partial charge is 0.241 e. The highest BCUT2D eigenvalue weighted by atomic mass is 16.5. The summed E-state index contributed by atoms with van der Waals surface area (Å²) in [4.78, 5) is 0. The highest BCUT2D eigenvalue weighted by Gasteiger charge is 2.14. The van der Waals surface area contributed by atoms with Crippen LogP contribution in [0.3, 0.4) is 0 Å². The number of hydrogen-bond acceptors (Lipinski definition) is 4. The average Bonchev–Trinajstić information content (AvgIpc) is 2.77. The van der Waals surface area contributed by atoms with Gasteiger partial charge in [-0.15, -0.1) is 0 Å². The molecule has 0 amide bonds. The summed E-state index contributed by atoms with van der Waals surface area (Å²) in [5.41, 5.74) is 7.37. The van der Waals surface area contributed by atoms with E-state index in [4.69, 9.17) is 10.5 Å². The van der Waals surface area contributed by atoms with Gasteiger partial charge < -0.3 is 10.5 Å². The molecule has 6 nitrogen and oxygen atoms in total. The van der Waals surface area contributed by atoms with E-state index in [9.17, 15) is 0 Å². The highest BCUT2D eigenvalue weighted by Crippen LogP contribution is 2.29. The van der Waals surface area contributed by atoms with Crippen LogP contribution < -0.4 is 10.5 Å². The van der Waals surface area contributed by atoms with Crippen LogP contribution in [0.5, 0.6) is 11.6 Å². The molecule has 2 heterocycles. The number of ether oxygens (including phenoxy) is 1. The molecule has 6 heteroatoms. The Labute approximate surface area is 93.6 Å². The average molecular weight is 221 g/mol. The Bertz CT molecular complexity index is 499. The molecular weight excluding hydrogens is 206 g/mol. The summed E-state index contributed by atoms with van der Waals surface area (Å²) in [7, 11) is 3.64. The van der Waals surface area contributed by atoms with Gasteiger partial charge in [-0.1, -0.05) is 6.92 Å². The van der Waals surface area contributed by atoms with Gasteiger partial charge in [-0.3, -0.25) is 4.68 Å². The van der Waals surface area contributed by atoms with Crippen LogP contribution in [0, 0.1) is 0 Å². The molecule has 0 spiro atoms. The molecule has 16 heavy (non-hydrogen) atoms. The second-order valence-electron chi connectivity index (χ2n) is 3.59. The summed E-state index contributed by atoms with van der Waals surface area (Å²) in [6, 6.07) is 0. The molecule has 2 aromatic rings. The normalized spacial score (nSPS) is 10.7. The Kier molecular flexibility index (Phi) is 2.55. The minimum Gasteiger partial charge on any atom is -0.434 e. The van der Waals surface area contributed by atoms with Crippen molar-refractivity contribution in [1.29, 1.82) is 0 Å². The molecular formula is C10H15N5O. The molecule has 0 saturated carbocycles. The maximum absolute atomic E-state index is 5.93. The first-order valence-electron chi connectivity index (χ1n) is 5.09. The lowest BCUT2D eigenvalue weighted by Gasteiger charge is -2.03. The summed E-state index contributed by atoms with van der Waals surface area (Å²) in [6.07, 6.45) is 4.20. The third kappa shape index (κ3) is 1.73. The predicted molar refractivity (Wildman–Crippen MR) is 60.3 cm³/mol. The van der Waals surface area contributed by atoms with Crippen molar-refractivity contribution in [3.63, 3.8) is 0 Å². The molecule has 0 radical (unpaired) electrons. The van der Waals surface area contributed by atoms with E-state index < -0.39 is 0 Å². The molecule has 0 bridgehead atoms. The zero-order valence-electron chi connectivity index (χ0n) is 9.64. The van der Waals surface area contributed by atoms with Crippen molar-refractivity contribution < 1.29 is 4.74 Å². The summed E-state index contributed by atoms with van der Waals surface area (Å²) in [5.74, 6) is 1.21. The summed E-state index contributed by atoms with van der Waals surface area (Å²) >= 11 is 0. The first-order valence-corrected chi connectivity index (χ1v) is 5.09. The minimum atomic E-state index is 0.560. The maximum atomic E-state index is 5.93. The van der Waals surface area contributed by atoms with Gasteiger partial charge in [0.15, 0.2) is 5.75 Å². The number of aromatic nitrogens is 4. The molecule has 0 atom stereocenters. The number of aryl methyl sites for hydroxylation is 3. The van der Waals surface area contributed by atoms with Crippen molar-refractivity contribution in [3.8, 4) is 11.6 Å². The van der Waals surface area contributed by atoms with Crippen molar-refractivity contribution in [2.45, 2.75) is 13.3 Å². The van der Waals surface area contributed by atoms with Crippen LogP contribution in [0.15, 0.2) is 12.4 Å². The summed E-state index contributed by atoms with van der Waals surface area (Å²) in [6.45, 7) is 2.01. The fraction of sp³-hybridized carbons (Fsp3) is 0.400. The van der Waals surface area contributed by atoms with Crippen molar-refractivity contribution in [2.24, 2.45) is 14.1 Å². The first-order chi connectivity index (χ1) is 7.61. The van der Waals surface area contributed by atoms with E-state index in [0.29, 0.717) is 17.3 Å². The quantitative estimate of drug-likeness (QED) is 0.842. The van der Waals surface area contributed by atoms with Crippen LogP contribution in [0.2, 0.25) is 0 Å². The van der Waals surface area contributed by atoms with Crippen molar-refractivity contribution in [3.05, 3.63) is 18.1 Å². The molecule has 0 fully saturated rings. The van der Waals surface area contributed by atoms with Crippen molar-refractivity contribution >= 4 is 5.69 Å². The van der Waals surface area contributed by atoms with Crippen molar-refractivity contribution in [1.82, 2.24) is 19.6 Å². The third-order valence-electron chi connectivity index (χ3n) is 2.34. The summed E-state index contributed by atoms with van der Waals surface area (Å²) in [5, 5.41) is 8.29. The van der Waals surface area contributed by atoms with Gasteiger partial charge in [0.2, 0.25) is 5.88 Å². The van der Waals surface area contributed by atoms with Gasteiger partial charge in [-0.05, 0) is 6.42 Å². The maximum Gasteiger partial charge on any atom is 0.241 e. The number of hydrogen-bond donors (Lipinski definition) is 1. The van der Waals surface area contributed by atoms with E-state index in [0.717, 1.165) is 12.1 Å². The lowest BCUT2D eigenvalue weighted by atomic mass is 10.3.